The molecule has 80 heavy (non-hydrogen) atoms. The third kappa shape index (κ3) is 23.5. The van der Waals surface area contributed by atoms with E-state index in [-0.39, 0.29) is 202 Å². The number of benzene rings is 4. The Kier molecular flexibility index (Phi) is 30.5. The summed E-state index contributed by atoms with van der Waals surface area (Å²) in [6.45, 7) is -1.95. The SMILES string of the molecule is O=S(=O)([O-])CCNc1nc(Nc2ccc(/C=C/c3ccc(Nc4nc(NCCS(=O)(=O)[O-])nc(N(CCC(O)CO)c5ccccc5)n4)cc3S(=O)(=O)[O-])c(S(=O)(=O)[O-])c2)nc(N(CCC(O)CO)c2ccccc2)n1.[Na+].[Na+].[Na+].[Na+]. The fraction of sp³-hybridized carbons (Fsp3) is 0.273. The van der Waals surface area contributed by atoms with Crippen LogP contribution >= 0.6 is 0 Å². The van der Waals surface area contributed by atoms with Gasteiger partial charge < -0.3 is 69.7 Å². The van der Waals surface area contributed by atoms with Crippen LogP contribution in [0.4, 0.5) is 58.4 Å². The maximum absolute atomic E-state index is 12.7. The Morgan fingerprint density at radius 2 is 0.825 bits per heavy atom. The predicted octanol–water partition coefficient (Wildman–Crippen LogP) is -10.8. The number of aliphatic hydroxyl groups excluding tert-OH is 4. The smallest absolute Gasteiger partial charge is 0.748 e. The molecule has 28 nitrogen and oxygen atoms in total. The van der Waals surface area contributed by atoms with E-state index in [4.69, 9.17) is 0 Å². The van der Waals surface area contributed by atoms with Gasteiger partial charge in [-0.05, 0) is 72.5 Å². The van der Waals surface area contributed by atoms with E-state index in [0.29, 0.717) is 11.4 Å². The molecule has 6 aromatic rings. The summed E-state index contributed by atoms with van der Waals surface area (Å²) in [5.41, 5.74) is 0.267. The molecular formula is C44H48N12Na4O16S4. The molecule has 0 aliphatic carbocycles. The molecule has 0 saturated heterocycles. The van der Waals surface area contributed by atoms with Crippen LogP contribution in [0.3, 0.4) is 0 Å². The summed E-state index contributed by atoms with van der Waals surface area (Å²) in [4.78, 5) is 27.3. The van der Waals surface area contributed by atoms with Crippen molar-refractivity contribution in [3.05, 3.63) is 108 Å². The topological polar surface area (TPSA) is 442 Å². The van der Waals surface area contributed by atoms with Crippen molar-refractivity contribution in [3.63, 3.8) is 0 Å². The molecule has 36 heteroatoms. The third-order valence-electron chi connectivity index (χ3n) is 10.5. The van der Waals surface area contributed by atoms with Crippen LogP contribution in [0.15, 0.2) is 107 Å². The first-order valence-electron chi connectivity index (χ1n) is 22.4. The Balaban J connectivity index is 0.00000547. The zero-order valence-electron chi connectivity index (χ0n) is 43.5. The second-order valence-corrected chi connectivity index (χ2v) is 21.9. The third-order valence-corrected chi connectivity index (χ3v) is 13.6. The second kappa shape index (κ2) is 33.4. The molecule has 4 aromatic carbocycles. The van der Waals surface area contributed by atoms with Crippen molar-refractivity contribution in [3.8, 4) is 0 Å². The molecule has 8 N–H and O–H groups in total. The van der Waals surface area contributed by atoms with Gasteiger partial charge in [0.1, 0.15) is 20.2 Å². The van der Waals surface area contributed by atoms with Crippen LogP contribution in [-0.4, -0.2) is 165 Å². The quantitative estimate of drug-likeness (QED) is 0.0128. The van der Waals surface area contributed by atoms with Gasteiger partial charge in [-0.25, -0.2) is 33.7 Å². The van der Waals surface area contributed by atoms with Crippen molar-refractivity contribution in [2.75, 3.05) is 82.0 Å². The maximum atomic E-state index is 12.7. The van der Waals surface area contributed by atoms with Crippen molar-refractivity contribution in [2.24, 2.45) is 0 Å². The molecule has 0 amide bonds. The van der Waals surface area contributed by atoms with Crippen LogP contribution in [0.1, 0.15) is 24.0 Å². The standard InChI is InChI=1S/C44H52N12O16S4.4Na/c57-27-35(59)17-21-55(33-7-3-1-4-8-33)43-51-39(45-19-23-73(61,62)63)49-41(53-43)47-31-15-13-29(37(25-31)75(67,68)69)11-12-30-14-16-32(26-38(30)76(70,71)72)48-42-50-40(46-20-24-74(64,65)66)52-44(54-42)56(22-18-36(60)28-58)34-9-5-2-6-10-34;;;;/h1-16,25-26,35-36,57-60H,17-24,27-28H2,(H,61,62,63)(H,64,65,66)(H,67,68,69)(H,70,71,72)(H2,45,47,49,51,53)(H2,46,48,50,52,54);;;;/q;4*+1/p-4/b12-11+;;;;. The molecule has 6 rings (SSSR count). The van der Waals surface area contributed by atoms with Crippen molar-refractivity contribution < 1.29 is 191 Å². The van der Waals surface area contributed by atoms with Crippen LogP contribution in [-0.2, 0) is 40.5 Å². The van der Waals surface area contributed by atoms with E-state index in [2.05, 4.69) is 51.2 Å². The molecular weight excluding hydrogens is 1170 g/mol. The molecule has 2 atom stereocenters. The number of aromatic nitrogens is 6. The molecule has 0 bridgehead atoms. The molecule has 0 aliphatic heterocycles. The van der Waals surface area contributed by atoms with E-state index in [1.807, 2.05) is 0 Å². The summed E-state index contributed by atoms with van der Waals surface area (Å²) in [6, 6.07) is 23.7. The van der Waals surface area contributed by atoms with Crippen molar-refractivity contribution in [1.82, 2.24) is 29.9 Å². The average Bonchev–Trinajstić information content (AvgIpc) is 3.35. The number of para-hydroxylation sites is 2. The summed E-state index contributed by atoms with van der Waals surface area (Å²) in [7, 11) is -20.0. The number of nitrogens with zero attached hydrogens (tertiary/aromatic N) is 8. The molecule has 408 valence electrons. The van der Waals surface area contributed by atoms with Gasteiger partial charge in [-0.3, -0.25) is 0 Å². The van der Waals surface area contributed by atoms with Gasteiger partial charge in [0.15, 0.2) is 0 Å². The summed E-state index contributed by atoms with van der Waals surface area (Å²) < 4.78 is 145. The van der Waals surface area contributed by atoms with E-state index >= 15 is 0 Å². The van der Waals surface area contributed by atoms with Crippen LogP contribution < -0.4 is 149 Å². The molecule has 0 aliphatic rings. The monoisotopic (exact) mass is 1220 g/mol. The van der Waals surface area contributed by atoms with Crippen molar-refractivity contribution in [1.29, 1.82) is 0 Å². The normalized spacial score (nSPS) is 12.3. The van der Waals surface area contributed by atoms with E-state index in [1.165, 1.54) is 21.9 Å². The average molecular weight is 1220 g/mol. The first kappa shape index (κ1) is 73.0. The molecule has 2 unspecified atom stereocenters. The Hall–Kier alpha value is -3.08. The Morgan fingerprint density at radius 3 is 1.14 bits per heavy atom. The summed E-state index contributed by atoms with van der Waals surface area (Å²) in [5.74, 6) is -3.01. The first-order valence-corrected chi connectivity index (χ1v) is 28.4. The molecule has 2 aromatic heterocycles. The minimum atomic E-state index is -5.33. The molecule has 0 spiro atoms. The zero-order valence-corrected chi connectivity index (χ0v) is 54.8. The predicted molar refractivity (Wildman–Crippen MR) is 272 cm³/mol. The molecule has 0 fully saturated rings. The first-order chi connectivity index (χ1) is 35.9. The Bertz CT molecular complexity index is 3240. The number of aliphatic hydroxyl groups is 4. The molecule has 0 radical (unpaired) electrons. The van der Waals surface area contributed by atoms with Gasteiger partial charge >= 0.3 is 118 Å². The fourth-order valence-electron chi connectivity index (χ4n) is 6.83. The van der Waals surface area contributed by atoms with Crippen LogP contribution in [0.2, 0.25) is 0 Å². The van der Waals surface area contributed by atoms with Gasteiger partial charge in [0, 0.05) is 48.9 Å². The van der Waals surface area contributed by atoms with Gasteiger partial charge in [0.05, 0.1) is 67.0 Å². The maximum Gasteiger partial charge on any atom is 1.00 e. The van der Waals surface area contributed by atoms with Crippen LogP contribution in [0.5, 0.6) is 0 Å². The number of hydrogen-bond acceptors (Lipinski definition) is 28. The molecule has 0 saturated carbocycles. The summed E-state index contributed by atoms with van der Waals surface area (Å²) in [5, 5.41) is 50.0. The van der Waals surface area contributed by atoms with Crippen molar-refractivity contribution in [2.45, 2.75) is 34.8 Å². The van der Waals surface area contributed by atoms with E-state index in [9.17, 15) is 72.3 Å². The van der Waals surface area contributed by atoms with Gasteiger partial charge in [-0.2, -0.15) is 29.9 Å². The second-order valence-electron chi connectivity index (χ2n) is 16.2. The van der Waals surface area contributed by atoms with E-state index < -0.39 is 100 Å². The van der Waals surface area contributed by atoms with Crippen molar-refractivity contribution >= 4 is 111 Å². The van der Waals surface area contributed by atoms with Gasteiger partial charge in [0.25, 0.3) is 0 Å². The Morgan fingerprint density at radius 1 is 0.487 bits per heavy atom. The number of nitrogens with one attached hydrogen (secondary N) is 4. The molecule has 2 heterocycles. The van der Waals surface area contributed by atoms with Gasteiger partial charge in [0.2, 0.25) is 35.7 Å². The number of rotatable bonds is 28. The minimum absolute atomic E-state index is 0. The summed E-state index contributed by atoms with van der Waals surface area (Å²) >= 11 is 0. The minimum Gasteiger partial charge on any atom is -0.748 e. The fourth-order valence-corrected chi connectivity index (χ4v) is 8.93. The van der Waals surface area contributed by atoms with Gasteiger partial charge in [-0.15, -0.1) is 0 Å². The van der Waals surface area contributed by atoms with E-state index in [0.717, 1.165) is 36.4 Å². The summed E-state index contributed by atoms with van der Waals surface area (Å²) in [6.07, 6.45) is -0.139. The van der Waals surface area contributed by atoms with E-state index in [1.54, 1.807) is 60.7 Å². The van der Waals surface area contributed by atoms with Crippen LogP contribution in [0, 0.1) is 0 Å². The zero-order chi connectivity index (χ0) is 55.3. The number of anilines is 10. The van der Waals surface area contributed by atoms with Gasteiger partial charge in [-0.1, -0.05) is 60.7 Å². The Labute approximate surface area is 550 Å². The largest absolute Gasteiger partial charge is 1.00 e. The van der Waals surface area contributed by atoms with Crippen LogP contribution in [0.25, 0.3) is 12.2 Å². The number of hydrogen-bond donors (Lipinski definition) is 8.